The molecule has 0 aromatic carbocycles. The van der Waals surface area contributed by atoms with Gasteiger partial charge in [0.1, 0.15) is 5.15 Å². The van der Waals surface area contributed by atoms with Gasteiger partial charge in [-0.15, -0.1) is 0 Å². The molecule has 1 aliphatic rings. The Balaban J connectivity index is 2.21. The molecule has 0 unspecified atom stereocenters. The van der Waals surface area contributed by atoms with Crippen molar-refractivity contribution in [2.75, 3.05) is 13.1 Å². The first-order valence-corrected chi connectivity index (χ1v) is 6.38. The summed E-state index contributed by atoms with van der Waals surface area (Å²) in [5.41, 5.74) is 0.807. The second kappa shape index (κ2) is 4.55. The van der Waals surface area contributed by atoms with E-state index in [1.54, 1.807) is 6.20 Å². The van der Waals surface area contributed by atoms with Crippen molar-refractivity contribution in [2.24, 2.45) is 0 Å². The van der Waals surface area contributed by atoms with Crippen LogP contribution < -0.4 is 5.32 Å². The summed E-state index contributed by atoms with van der Waals surface area (Å²) in [5.74, 6) is 0. The van der Waals surface area contributed by atoms with Crippen molar-refractivity contribution in [1.29, 1.82) is 0 Å². The molecule has 0 saturated carbocycles. The molecule has 1 aromatic rings. The molecule has 4 nitrogen and oxygen atoms in total. The van der Waals surface area contributed by atoms with E-state index in [9.17, 15) is 4.21 Å². The van der Waals surface area contributed by atoms with Crippen LogP contribution in [-0.4, -0.2) is 32.5 Å². The summed E-state index contributed by atoms with van der Waals surface area (Å²) >= 11 is 5.86. The van der Waals surface area contributed by atoms with Crippen molar-refractivity contribution >= 4 is 22.4 Å². The first kappa shape index (κ1) is 11.0. The van der Waals surface area contributed by atoms with Crippen LogP contribution in [0.25, 0.3) is 0 Å². The zero-order valence-corrected chi connectivity index (χ0v) is 9.94. The molecule has 0 aliphatic carbocycles. The molecule has 2 rings (SSSR count). The van der Waals surface area contributed by atoms with Crippen molar-refractivity contribution in [3.63, 3.8) is 0 Å². The lowest BCUT2D eigenvalue weighted by molar-refractivity contribution is 0.664. The van der Waals surface area contributed by atoms with Gasteiger partial charge in [0.25, 0.3) is 0 Å². The van der Waals surface area contributed by atoms with Gasteiger partial charge in [-0.2, -0.15) is 0 Å². The summed E-state index contributed by atoms with van der Waals surface area (Å²) in [6.45, 7) is 3.50. The molecule has 6 heteroatoms. The van der Waals surface area contributed by atoms with Gasteiger partial charge in [-0.05, 0) is 19.9 Å². The molecule has 0 spiro atoms. The summed E-state index contributed by atoms with van der Waals surface area (Å²) in [4.78, 5) is 8.10. The van der Waals surface area contributed by atoms with E-state index >= 15 is 0 Å². The molecule has 1 aromatic heterocycles. The SMILES string of the molecule is Cc1cnc([S@@](=O)[C@H]2CCNC2)nc1Cl. The van der Waals surface area contributed by atoms with Gasteiger partial charge in [0.15, 0.2) is 0 Å². The largest absolute Gasteiger partial charge is 0.315 e. The van der Waals surface area contributed by atoms with Gasteiger partial charge in [-0.3, -0.25) is 4.21 Å². The van der Waals surface area contributed by atoms with Gasteiger partial charge in [0.05, 0.1) is 16.0 Å². The van der Waals surface area contributed by atoms with Crippen molar-refractivity contribution in [3.8, 4) is 0 Å². The Morgan fingerprint density at radius 1 is 1.67 bits per heavy atom. The van der Waals surface area contributed by atoms with Crippen LogP contribution >= 0.6 is 11.6 Å². The number of aromatic nitrogens is 2. The Morgan fingerprint density at radius 3 is 3.07 bits per heavy atom. The highest BCUT2D eigenvalue weighted by atomic mass is 35.5. The number of nitrogens with one attached hydrogen (secondary N) is 1. The fraction of sp³-hybridized carbons (Fsp3) is 0.556. The van der Waals surface area contributed by atoms with E-state index in [0.717, 1.165) is 25.1 Å². The molecule has 1 N–H and O–H groups in total. The smallest absolute Gasteiger partial charge is 0.220 e. The lowest BCUT2D eigenvalue weighted by Crippen LogP contribution is -2.20. The maximum absolute atomic E-state index is 12.0. The monoisotopic (exact) mass is 245 g/mol. The number of aryl methyl sites for hydroxylation is 1. The molecule has 15 heavy (non-hydrogen) atoms. The number of halogens is 1. The van der Waals surface area contributed by atoms with E-state index in [-0.39, 0.29) is 5.25 Å². The van der Waals surface area contributed by atoms with E-state index in [1.165, 1.54) is 0 Å². The highest BCUT2D eigenvalue weighted by molar-refractivity contribution is 7.85. The van der Waals surface area contributed by atoms with Gasteiger partial charge >= 0.3 is 0 Å². The fourth-order valence-corrected chi connectivity index (χ4v) is 2.88. The van der Waals surface area contributed by atoms with Crippen molar-refractivity contribution < 1.29 is 4.21 Å². The minimum Gasteiger partial charge on any atom is -0.315 e. The van der Waals surface area contributed by atoms with E-state index in [1.807, 2.05) is 6.92 Å². The molecule has 82 valence electrons. The van der Waals surface area contributed by atoms with Crippen LogP contribution in [0.15, 0.2) is 11.4 Å². The number of rotatable bonds is 2. The molecule has 1 fully saturated rings. The Labute approximate surface area is 95.9 Å². The van der Waals surface area contributed by atoms with Crippen LogP contribution in [0.5, 0.6) is 0 Å². The van der Waals surface area contributed by atoms with Crippen molar-refractivity contribution in [2.45, 2.75) is 23.8 Å². The molecule has 0 bridgehead atoms. The van der Waals surface area contributed by atoms with E-state index in [2.05, 4.69) is 15.3 Å². The zero-order chi connectivity index (χ0) is 10.8. The lowest BCUT2D eigenvalue weighted by Gasteiger charge is -2.07. The Morgan fingerprint density at radius 2 is 2.47 bits per heavy atom. The minimum absolute atomic E-state index is 0.115. The van der Waals surface area contributed by atoms with Crippen LogP contribution in [0.2, 0.25) is 5.15 Å². The molecule has 2 atom stereocenters. The summed E-state index contributed by atoms with van der Waals surface area (Å²) in [6.07, 6.45) is 2.52. The number of hydrogen-bond donors (Lipinski definition) is 1. The van der Waals surface area contributed by atoms with Gasteiger partial charge in [0, 0.05) is 18.3 Å². The molecule has 0 amide bonds. The summed E-state index contributed by atoms with van der Waals surface area (Å²) in [5, 5.41) is 4.02. The topological polar surface area (TPSA) is 54.9 Å². The number of hydrogen-bond acceptors (Lipinski definition) is 4. The number of nitrogens with zero attached hydrogens (tertiary/aromatic N) is 2. The molecular weight excluding hydrogens is 234 g/mol. The van der Waals surface area contributed by atoms with Crippen LogP contribution in [0.1, 0.15) is 12.0 Å². The molecular formula is C9H12ClN3OS. The lowest BCUT2D eigenvalue weighted by atomic mass is 10.4. The highest BCUT2D eigenvalue weighted by Crippen LogP contribution is 2.16. The third-order valence-electron chi connectivity index (χ3n) is 2.39. The van der Waals surface area contributed by atoms with Gasteiger partial charge < -0.3 is 5.32 Å². The average molecular weight is 246 g/mol. The normalized spacial score (nSPS) is 22.9. The van der Waals surface area contributed by atoms with E-state index < -0.39 is 10.8 Å². The second-order valence-electron chi connectivity index (χ2n) is 3.54. The van der Waals surface area contributed by atoms with Gasteiger partial charge in [-0.25, -0.2) is 9.97 Å². The third kappa shape index (κ3) is 2.35. The summed E-state index contributed by atoms with van der Waals surface area (Å²) < 4.78 is 12.0. The van der Waals surface area contributed by atoms with Gasteiger partial charge in [0.2, 0.25) is 5.16 Å². The highest BCUT2D eigenvalue weighted by Gasteiger charge is 2.24. The van der Waals surface area contributed by atoms with Crippen molar-refractivity contribution in [3.05, 3.63) is 16.9 Å². The maximum atomic E-state index is 12.0. The fourth-order valence-electron chi connectivity index (χ4n) is 1.46. The van der Waals surface area contributed by atoms with Crippen LogP contribution in [0.3, 0.4) is 0 Å². The molecule has 2 heterocycles. The Kier molecular flexibility index (Phi) is 3.33. The van der Waals surface area contributed by atoms with Gasteiger partial charge in [-0.1, -0.05) is 11.6 Å². The first-order valence-electron chi connectivity index (χ1n) is 4.79. The predicted octanol–water partition coefficient (Wildman–Crippen LogP) is 0.908. The maximum Gasteiger partial charge on any atom is 0.220 e. The Hall–Kier alpha value is -0.520. The molecule has 0 radical (unpaired) electrons. The van der Waals surface area contributed by atoms with E-state index in [0.29, 0.717) is 10.3 Å². The van der Waals surface area contributed by atoms with Crippen LogP contribution in [-0.2, 0) is 10.8 Å². The molecule has 1 saturated heterocycles. The third-order valence-corrected chi connectivity index (χ3v) is 4.33. The minimum atomic E-state index is -1.15. The average Bonchev–Trinajstić information content (AvgIpc) is 2.74. The summed E-state index contributed by atoms with van der Waals surface area (Å²) in [6, 6.07) is 0. The standard InChI is InChI=1S/C9H12ClN3OS/c1-6-4-12-9(13-8(6)10)15(14)7-2-3-11-5-7/h4,7,11H,2-3,5H2,1H3/t7-,15-/m0/s1. The predicted molar refractivity (Wildman–Crippen MR) is 59.5 cm³/mol. The van der Waals surface area contributed by atoms with Crippen molar-refractivity contribution in [1.82, 2.24) is 15.3 Å². The quantitative estimate of drug-likeness (QED) is 0.622. The zero-order valence-electron chi connectivity index (χ0n) is 8.36. The van der Waals surface area contributed by atoms with Crippen LogP contribution in [0.4, 0.5) is 0 Å². The second-order valence-corrected chi connectivity index (χ2v) is 5.52. The van der Waals surface area contributed by atoms with E-state index in [4.69, 9.17) is 11.6 Å². The van der Waals surface area contributed by atoms with Crippen LogP contribution in [0, 0.1) is 6.92 Å². The Bertz CT molecular complexity index is 393. The molecule has 1 aliphatic heterocycles. The summed E-state index contributed by atoms with van der Waals surface area (Å²) in [7, 11) is -1.15. The first-order chi connectivity index (χ1) is 7.18.